The zero-order valence-corrected chi connectivity index (χ0v) is 11.4. The molecular weight excluding hydrogens is 324 g/mol. The van der Waals surface area contributed by atoms with E-state index in [-0.39, 0.29) is 0 Å². The van der Waals surface area contributed by atoms with Gasteiger partial charge in [0.25, 0.3) is 0 Å². The molecule has 0 heterocycles. The van der Waals surface area contributed by atoms with Gasteiger partial charge in [-0.1, -0.05) is 0 Å². The number of ketones is 1. The Morgan fingerprint density at radius 2 is 1.17 bits per heavy atom. The third-order valence-corrected chi connectivity index (χ3v) is 2.15. The monoisotopic (exact) mass is 338 g/mol. The topological polar surface area (TPSA) is 224 Å². The Hall–Kier alpha value is -3.02. The summed E-state index contributed by atoms with van der Waals surface area (Å²) in [5.41, 5.74) is 0. The van der Waals surface area contributed by atoms with Gasteiger partial charge in [0.05, 0.1) is 12.8 Å². The second-order valence-electron chi connectivity index (χ2n) is 3.95. The van der Waals surface area contributed by atoms with E-state index in [0.29, 0.717) is 0 Å². The van der Waals surface area contributed by atoms with E-state index >= 15 is 0 Å². The van der Waals surface area contributed by atoms with E-state index < -0.39 is 66.9 Å². The molecule has 6 N–H and O–H groups in total. The van der Waals surface area contributed by atoms with Gasteiger partial charge in [-0.15, -0.1) is 0 Å². The molecule has 0 bridgehead atoms. The first-order chi connectivity index (χ1) is 10.4. The average molecular weight is 338 g/mol. The molecule has 0 amide bonds. The summed E-state index contributed by atoms with van der Waals surface area (Å²) in [5.74, 6) is -10.5. The van der Waals surface area contributed by atoms with Gasteiger partial charge in [-0.05, 0) is 0 Å². The zero-order valence-electron chi connectivity index (χ0n) is 11.4. The van der Waals surface area contributed by atoms with Gasteiger partial charge in [0.15, 0.2) is 6.10 Å². The van der Waals surface area contributed by atoms with E-state index in [2.05, 4.69) is 0 Å². The van der Waals surface area contributed by atoms with Crippen molar-refractivity contribution in [3.05, 3.63) is 0 Å². The van der Waals surface area contributed by atoms with Crippen molar-refractivity contribution in [2.75, 3.05) is 0 Å². The van der Waals surface area contributed by atoms with Gasteiger partial charge in [0, 0.05) is 6.42 Å². The number of carboxylic acid groups (broad SMARTS) is 5. The summed E-state index contributed by atoms with van der Waals surface area (Å²) in [6, 6.07) is 0. The van der Waals surface area contributed by atoms with Crippen LogP contribution in [-0.2, 0) is 28.8 Å². The number of hydrogen-bond acceptors (Lipinski definition) is 7. The summed E-state index contributed by atoms with van der Waals surface area (Å²) >= 11 is 0. The van der Waals surface area contributed by atoms with Gasteiger partial charge < -0.3 is 30.6 Å². The van der Waals surface area contributed by atoms with E-state index in [1.54, 1.807) is 0 Å². The fourth-order valence-electron chi connectivity index (χ4n) is 1.02. The lowest BCUT2D eigenvalue weighted by atomic mass is 9.99. The van der Waals surface area contributed by atoms with Crippen molar-refractivity contribution in [3.8, 4) is 0 Å². The molecule has 0 rings (SSSR count). The van der Waals surface area contributed by atoms with Crippen molar-refractivity contribution < 1.29 is 59.4 Å². The number of aliphatic hydroxyl groups excluding tert-OH is 1. The molecule has 0 aromatic rings. The Morgan fingerprint density at radius 3 is 1.43 bits per heavy atom. The number of carbonyl (C=O) groups excluding carboxylic acids is 1. The number of aliphatic carboxylic acids is 5. The van der Waals surface area contributed by atoms with Crippen LogP contribution >= 0.6 is 0 Å². The van der Waals surface area contributed by atoms with Gasteiger partial charge in [-0.3, -0.25) is 19.2 Å². The van der Waals surface area contributed by atoms with Crippen LogP contribution in [0, 0.1) is 5.92 Å². The molecule has 0 saturated carbocycles. The van der Waals surface area contributed by atoms with Crippen molar-refractivity contribution >= 4 is 35.6 Å². The van der Waals surface area contributed by atoms with Crippen LogP contribution in [0.1, 0.15) is 19.3 Å². The first-order valence-corrected chi connectivity index (χ1v) is 5.73. The minimum absolute atomic E-state index is 0.425. The molecule has 0 radical (unpaired) electrons. The summed E-state index contributed by atoms with van der Waals surface area (Å²) in [7, 11) is 0. The fraction of sp³-hybridized carbons (Fsp3) is 0.455. The third kappa shape index (κ3) is 11.3. The maximum atomic E-state index is 10.3. The van der Waals surface area contributed by atoms with Crippen molar-refractivity contribution in [3.63, 3.8) is 0 Å². The lowest BCUT2D eigenvalue weighted by Crippen LogP contribution is -2.36. The highest BCUT2D eigenvalue weighted by atomic mass is 16.4. The molecule has 2 atom stereocenters. The second kappa shape index (κ2) is 10.7. The van der Waals surface area contributed by atoms with Crippen LogP contribution in [-0.4, -0.2) is 72.4 Å². The maximum Gasteiger partial charge on any atom is 0.372 e. The van der Waals surface area contributed by atoms with Crippen molar-refractivity contribution in [2.24, 2.45) is 5.92 Å². The average Bonchev–Trinajstić information content (AvgIpc) is 2.41. The molecule has 130 valence electrons. The predicted molar refractivity (Wildman–Crippen MR) is 66.5 cm³/mol. The van der Waals surface area contributed by atoms with Crippen molar-refractivity contribution in [1.29, 1.82) is 0 Å². The molecule has 0 aliphatic rings. The summed E-state index contributed by atoms with van der Waals surface area (Å²) in [6.45, 7) is 0. The first-order valence-electron chi connectivity index (χ1n) is 5.73. The van der Waals surface area contributed by atoms with Crippen LogP contribution in [0.15, 0.2) is 0 Å². The molecule has 23 heavy (non-hydrogen) atoms. The quantitative estimate of drug-likeness (QED) is 0.254. The summed E-state index contributed by atoms with van der Waals surface area (Å²) in [6.07, 6.45) is -3.99. The Morgan fingerprint density at radius 1 is 0.696 bits per heavy atom. The molecule has 0 fully saturated rings. The van der Waals surface area contributed by atoms with Gasteiger partial charge in [0.1, 0.15) is 5.92 Å². The minimum atomic E-state index is -2.20. The Labute approximate surface area is 127 Å². The number of carboxylic acids is 5. The van der Waals surface area contributed by atoms with Gasteiger partial charge in [0.2, 0.25) is 5.78 Å². The molecule has 0 spiro atoms. The van der Waals surface area contributed by atoms with E-state index in [9.17, 15) is 28.8 Å². The first kappa shape index (κ1) is 22.3. The van der Waals surface area contributed by atoms with E-state index in [0.717, 1.165) is 0 Å². The highest BCUT2D eigenvalue weighted by molar-refractivity contribution is 6.32. The highest BCUT2D eigenvalue weighted by Crippen LogP contribution is 2.09. The number of carbonyl (C=O) groups is 6. The fourth-order valence-corrected chi connectivity index (χ4v) is 1.02. The summed E-state index contributed by atoms with van der Waals surface area (Å²) in [4.78, 5) is 60.2. The Kier molecular flexibility index (Phi) is 10.3. The lowest BCUT2D eigenvalue weighted by molar-refractivity contribution is -0.162. The minimum Gasteiger partial charge on any atom is -0.481 e. The van der Waals surface area contributed by atoms with Crippen LogP contribution in [0.2, 0.25) is 0 Å². The van der Waals surface area contributed by atoms with Gasteiger partial charge >= 0.3 is 29.8 Å². The molecule has 12 heteroatoms. The summed E-state index contributed by atoms with van der Waals surface area (Å²) < 4.78 is 0. The normalized spacial score (nSPS) is 12.0. The standard InChI is InChI=1S/C6H8O7.C5H6O5/c7-3(8)1-2(5(10)11)4(9)6(12)13;6-3(5(9)10)1-2-4(7)8/h2,4,9H,1H2,(H,7,8)(H,10,11)(H,12,13);1-2H2,(H,7,8)(H,9,10). The number of hydrogen-bond donors (Lipinski definition) is 6. The van der Waals surface area contributed by atoms with E-state index in [4.69, 9.17) is 30.6 Å². The second-order valence-corrected chi connectivity index (χ2v) is 3.95. The Bertz CT molecular complexity index is 493. The van der Waals surface area contributed by atoms with E-state index in [1.807, 2.05) is 0 Å². The molecule has 0 aliphatic carbocycles. The maximum absolute atomic E-state index is 10.3. The molecule has 0 aliphatic heterocycles. The van der Waals surface area contributed by atoms with Crippen LogP contribution in [0.3, 0.4) is 0 Å². The number of aliphatic hydroxyl groups is 1. The number of Topliss-reactive ketones (excluding diaryl/α,β-unsaturated/α-hetero) is 1. The predicted octanol–water partition coefficient (Wildman–Crippen LogP) is -1.89. The molecule has 0 aromatic carbocycles. The zero-order chi connectivity index (χ0) is 18.7. The highest BCUT2D eigenvalue weighted by Gasteiger charge is 2.33. The van der Waals surface area contributed by atoms with Crippen LogP contribution in [0.25, 0.3) is 0 Å². The third-order valence-electron chi connectivity index (χ3n) is 2.15. The van der Waals surface area contributed by atoms with Gasteiger partial charge in [-0.2, -0.15) is 0 Å². The molecule has 2 unspecified atom stereocenters. The largest absolute Gasteiger partial charge is 0.481 e. The molecule has 0 saturated heterocycles. The smallest absolute Gasteiger partial charge is 0.372 e. The molecule has 12 nitrogen and oxygen atoms in total. The Balaban J connectivity index is 0. The molecular formula is C11H14O12. The van der Waals surface area contributed by atoms with Gasteiger partial charge in [-0.25, -0.2) is 9.59 Å². The van der Waals surface area contributed by atoms with Crippen LogP contribution < -0.4 is 0 Å². The SMILES string of the molecule is O=C(O)CC(C(=O)O)C(O)C(=O)O.O=C(O)CCC(=O)C(=O)O. The molecule has 0 aromatic heterocycles. The number of rotatable bonds is 9. The summed E-state index contributed by atoms with van der Waals surface area (Å²) in [5, 5.41) is 49.5. The van der Waals surface area contributed by atoms with Crippen molar-refractivity contribution in [1.82, 2.24) is 0 Å². The lowest BCUT2D eigenvalue weighted by Gasteiger charge is -2.12. The van der Waals surface area contributed by atoms with Crippen LogP contribution in [0.4, 0.5) is 0 Å². The van der Waals surface area contributed by atoms with Crippen LogP contribution in [0.5, 0.6) is 0 Å². The van der Waals surface area contributed by atoms with E-state index in [1.165, 1.54) is 0 Å². The van der Waals surface area contributed by atoms with Crippen molar-refractivity contribution in [2.45, 2.75) is 25.4 Å².